The topological polar surface area (TPSA) is 121 Å². The van der Waals surface area contributed by atoms with Crippen molar-refractivity contribution in [3.63, 3.8) is 0 Å². The van der Waals surface area contributed by atoms with Crippen LogP contribution in [0, 0.1) is 5.41 Å². The van der Waals surface area contributed by atoms with Crippen LogP contribution in [0.15, 0.2) is 24.7 Å². The molecule has 8 heteroatoms. The summed E-state index contributed by atoms with van der Waals surface area (Å²) in [6.45, 7) is 4.52. The molecule has 0 bridgehead atoms. The van der Waals surface area contributed by atoms with E-state index in [0.717, 1.165) is 13.1 Å². The summed E-state index contributed by atoms with van der Waals surface area (Å²) < 4.78 is 0. The zero-order valence-electron chi connectivity index (χ0n) is 13.4. The van der Waals surface area contributed by atoms with E-state index in [0.29, 0.717) is 47.1 Å². The molecular weight excluding hydrogens is 306 g/mol. The molecule has 1 aliphatic heterocycles. The van der Waals surface area contributed by atoms with Crippen molar-refractivity contribution in [1.29, 1.82) is 5.41 Å². The second-order valence-electron chi connectivity index (χ2n) is 5.61. The van der Waals surface area contributed by atoms with E-state index in [2.05, 4.69) is 20.3 Å². The highest BCUT2D eigenvalue weighted by Gasteiger charge is 2.20. The summed E-state index contributed by atoms with van der Waals surface area (Å²) >= 11 is 0. The molecule has 0 aromatic carbocycles. The van der Waals surface area contributed by atoms with Gasteiger partial charge in [-0.15, -0.1) is 0 Å². The molecule has 8 nitrogen and oxygen atoms in total. The molecule has 3 rings (SSSR count). The second-order valence-corrected chi connectivity index (χ2v) is 5.61. The maximum absolute atomic E-state index is 12.5. The van der Waals surface area contributed by atoms with Crippen LogP contribution in [0.5, 0.6) is 0 Å². The lowest BCUT2D eigenvalue weighted by Crippen LogP contribution is -2.46. The van der Waals surface area contributed by atoms with Crippen molar-refractivity contribution in [2.75, 3.05) is 31.9 Å². The van der Waals surface area contributed by atoms with Gasteiger partial charge in [0.1, 0.15) is 11.5 Å². The van der Waals surface area contributed by atoms with Crippen LogP contribution in [-0.4, -0.2) is 57.6 Å². The van der Waals surface area contributed by atoms with Gasteiger partial charge >= 0.3 is 0 Å². The van der Waals surface area contributed by atoms with E-state index in [-0.39, 0.29) is 5.91 Å². The van der Waals surface area contributed by atoms with Gasteiger partial charge in [0.05, 0.1) is 18.1 Å². The van der Waals surface area contributed by atoms with E-state index in [1.165, 1.54) is 6.20 Å². The lowest BCUT2D eigenvalue weighted by molar-refractivity contribution is 0.0729. The Balaban J connectivity index is 1.92. The Morgan fingerprint density at radius 1 is 1.29 bits per heavy atom. The molecule has 3 heterocycles. The molecule has 24 heavy (non-hydrogen) atoms. The van der Waals surface area contributed by atoms with E-state index >= 15 is 0 Å². The van der Waals surface area contributed by atoms with Crippen molar-refractivity contribution in [2.24, 2.45) is 0 Å². The quantitative estimate of drug-likeness (QED) is 0.709. The molecule has 0 unspecified atom stereocenters. The first-order valence-corrected chi connectivity index (χ1v) is 7.69. The summed E-state index contributed by atoms with van der Waals surface area (Å²) in [6, 6.07) is 1.74. The van der Waals surface area contributed by atoms with E-state index < -0.39 is 0 Å². The van der Waals surface area contributed by atoms with Crippen molar-refractivity contribution in [2.45, 2.75) is 6.92 Å². The predicted molar refractivity (Wildman–Crippen MR) is 91.0 cm³/mol. The zero-order chi connectivity index (χ0) is 17.1. The number of piperazine rings is 1. The van der Waals surface area contributed by atoms with Gasteiger partial charge in [-0.05, 0) is 13.0 Å². The summed E-state index contributed by atoms with van der Waals surface area (Å²) in [7, 11) is 0. The molecule has 0 aliphatic carbocycles. The fourth-order valence-corrected chi connectivity index (χ4v) is 2.55. The standard InChI is InChI=1S/C16H19N7O/c1-10(17)12-6-11(7-21-15(12)18)13-8-20-9-14(22-13)16(24)23-4-2-19-3-5-23/h6-9,17,19H,2-5H2,1H3,(H2,18,21). The average molecular weight is 325 g/mol. The van der Waals surface area contributed by atoms with Crippen molar-refractivity contribution >= 4 is 17.4 Å². The SMILES string of the molecule is CC(=N)c1cc(-c2cncc(C(=O)N3CCNCC3)n2)cnc1N. The number of rotatable bonds is 3. The Kier molecular flexibility index (Phi) is 4.48. The molecule has 1 fully saturated rings. The normalized spacial score (nSPS) is 14.5. The van der Waals surface area contributed by atoms with Gasteiger partial charge < -0.3 is 21.4 Å². The molecule has 2 aromatic rings. The van der Waals surface area contributed by atoms with Crippen LogP contribution in [0.4, 0.5) is 5.82 Å². The monoisotopic (exact) mass is 325 g/mol. The molecule has 0 spiro atoms. The molecule has 0 radical (unpaired) electrons. The summed E-state index contributed by atoms with van der Waals surface area (Å²) in [5.41, 5.74) is 8.17. The van der Waals surface area contributed by atoms with Crippen LogP contribution in [-0.2, 0) is 0 Å². The van der Waals surface area contributed by atoms with Crippen LogP contribution in [0.1, 0.15) is 23.0 Å². The van der Waals surface area contributed by atoms with Crippen molar-refractivity contribution < 1.29 is 4.79 Å². The maximum Gasteiger partial charge on any atom is 0.274 e. The molecule has 1 aliphatic rings. The van der Waals surface area contributed by atoms with E-state index in [1.807, 2.05) is 0 Å². The number of nitrogens with two attached hydrogens (primary N) is 1. The third-order valence-corrected chi connectivity index (χ3v) is 3.88. The Labute approximate surface area is 139 Å². The number of carbonyl (C=O) groups excluding carboxylic acids is 1. The first-order valence-electron chi connectivity index (χ1n) is 7.69. The first-order chi connectivity index (χ1) is 11.6. The zero-order valence-corrected chi connectivity index (χ0v) is 13.4. The van der Waals surface area contributed by atoms with E-state index in [1.54, 1.807) is 30.3 Å². The van der Waals surface area contributed by atoms with Crippen LogP contribution >= 0.6 is 0 Å². The van der Waals surface area contributed by atoms with E-state index in [9.17, 15) is 4.79 Å². The highest BCUT2D eigenvalue weighted by molar-refractivity contribution is 6.01. The van der Waals surface area contributed by atoms with Crippen molar-refractivity contribution in [1.82, 2.24) is 25.2 Å². The van der Waals surface area contributed by atoms with Gasteiger partial charge in [-0.1, -0.05) is 0 Å². The number of carbonyl (C=O) groups is 1. The van der Waals surface area contributed by atoms with E-state index in [4.69, 9.17) is 11.1 Å². The van der Waals surface area contributed by atoms with Gasteiger partial charge in [0, 0.05) is 49.2 Å². The molecule has 1 amide bonds. The molecule has 124 valence electrons. The fraction of sp³-hybridized carbons (Fsp3) is 0.312. The summed E-state index contributed by atoms with van der Waals surface area (Å²) in [5, 5.41) is 11.0. The summed E-state index contributed by atoms with van der Waals surface area (Å²) in [4.78, 5) is 27.0. The Hall–Kier alpha value is -2.87. The Bertz CT molecular complexity index is 784. The lowest BCUT2D eigenvalue weighted by atomic mass is 10.1. The van der Waals surface area contributed by atoms with Gasteiger partial charge in [0.15, 0.2) is 0 Å². The third-order valence-electron chi connectivity index (χ3n) is 3.88. The number of nitrogen functional groups attached to an aromatic ring is 1. The van der Waals surface area contributed by atoms with Crippen LogP contribution in [0.3, 0.4) is 0 Å². The van der Waals surface area contributed by atoms with Crippen molar-refractivity contribution in [3.05, 3.63) is 35.9 Å². The lowest BCUT2D eigenvalue weighted by Gasteiger charge is -2.27. The van der Waals surface area contributed by atoms with Crippen molar-refractivity contribution in [3.8, 4) is 11.3 Å². The van der Waals surface area contributed by atoms with Gasteiger partial charge in [0.2, 0.25) is 0 Å². The maximum atomic E-state index is 12.5. The fourth-order valence-electron chi connectivity index (χ4n) is 2.55. The number of amides is 1. The predicted octanol–water partition coefficient (Wildman–Crippen LogP) is 0.554. The Morgan fingerprint density at radius 3 is 2.75 bits per heavy atom. The third kappa shape index (κ3) is 3.23. The van der Waals surface area contributed by atoms with Gasteiger partial charge in [-0.25, -0.2) is 9.97 Å². The minimum Gasteiger partial charge on any atom is -0.383 e. The van der Waals surface area contributed by atoms with Crippen LogP contribution in [0.25, 0.3) is 11.3 Å². The first kappa shape index (κ1) is 16.0. The summed E-state index contributed by atoms with van der Waals surface area (Å²) in [6.07, 6.45) is 4.62. The molecule has 4 N–H and O–H groups in total. The number of hydrogen-bond acceptors (Lipinski definition) is 7. The van der Waals surface area contributed by atoms with Crippen LogP contribution < -0.4 is 11.1 Å². The Morgan fingerprint density at radius 2 is 2.04 bits per heavy atom. The number of anilines is 1. The smallest absolute Gasteiger partial charge is 0.274 e. The van der Waals surface area contributed by atoms with Crippen LogP contribution in [0.2, 0.25) is 0 Å². The van der Waals surface area contributed by atoms with Gasteiger partial charge in [-0.2, -0.15) is 0 Å². The number of aromatic nitrogens is 3. The largest absolute Gasteiger partial charge is 0.383 e. The van der Waals surface area contributed by atoms with Gasteiger partial charge in [-0.3, -0.25) is 9.78 Å². The number of nitrogens with zero attached hydrogens (tertiary/aromatic N) is 4. The number of nitrogens with one attached hydrogen (secondary N) is 2. The minimum atomic E-state index is -0.127. The molecule has 0 atom stereocenters. The number of pyridine rings is 1. The minimum absolute atomic E-state index is 0.127. The highest BCUT2D eigenvalue weighted by Crippen LogP contribution is 2.20. The molecule has 0 saturated carbocycles. The average Bonchev–Trinajstić information content (AvgIpc) is 2.62. The molecule has 1 saturated heterocycles. The molecule has 2 aromatic heterocycles. The summed E-state index contributed by atoms with van der Waals surface area (Å²) in [5.74, 6) is 0.171. The second kappa shape index (κ2) is 6.71. The van der Waals surface area contributed by atoms with Gasteiger partial charge in [0.25, 0.3) is 5.91 Å². The molecular formula is C16H19N7O. The number of hydrogen-bond donors (Lipinski definition) is 3. The highest BCUT2D eigenvalue weighted by atomic mass is 16.2.